The lowest BCUT2D eigenvalue weighted by molar-refractivity contribution is -0.166. The molecule has 0 saturated carbocycles. The molecule has 4 atom stereocenters. The van der Waals surface area contributed by atoms with Gasteiger partial charge in [0.2, 0.25) is 18.1 Å². The molecule has 3 fully saturated rings. The van der Waals surface area contributed by atoms with Crippen molar-refractivity contribution in [3.63, 3.8) is 0 Å². The summed E-state index contributed by atoms with van der Waals surface area (Å²) in [7, 11) is 0. The van der Waals surface area contributed by atoms with E-state index in [1.54, 1.807) is 6.92 Å². The first-order valence-electron chi connectivity index (χ1n) is 12.8. The van der Waals surface area contributed by atoms with Crippen LogP contribution in [0.4, 0.5) is 5.69 Å². The molecule has 0 radical (unpaired) electrons. The summed E-state index contributed by atoms with van der Waals surface area (Å²) in [6, 6.07) is 2.22. The summed E-state index contributed by atoms with van der Waals surface area (Å²) in [5.74, 6) is -1.70. The quantitative estimate of drug-likeness (QED) is 0.287. The van der Waals surface area contributed by atoms with Crippen LogP contribution in [-0.4, -0.2) is 104 Å². The van der Waals surface area contributed by atoms with Crippen LogP contribution >= 0.6 is 11.6 Å². The Hall–Kier alpha value is -2.93. The first-order valence-corrected chi connectivity index (χ1v) is 13.2. The molecule has 0 unspecified atom stereocenters. The van der Waals surface area contributed by atoms with Crippen LogP contribution in [0.1, 0.15) is 36.5 Å². The van der Waals surface area contributed by atoms with Crippen molar-refractivity contribution >= 4 is 41.0 Å². The molecule has 3 amide bonds. The van der Waals surface area contributed by atoms with E-state index in [4.69, 9.17) is 31.5 Å². The van der Waals surface area contributed by atoms with Crippen LogP contribution in [0.15, 0.2) is 18.2 Å². The molecular weight excluding hydrogens is 518 g/mol. The van der Waals surface area contributed by atoms with Crippen molar-refractivity contribution < 1.29 is 33.4 Å². The Morgan fingerprint density at radius 3 is 2.74 bits per heavy atom. The predicted molar refractivity (Wildman–Crippen MR) is 137 cm³/mol. The highest BCUT2D eigenvalue weighted by atomic mass is 35.5. The summed E-state index contributed by atoms with van der Waals surface area (Å²) in [4.78, 5) is 54.5. The van der Waals surface area contributed by atoms with Crippen LogP contribution in [0.3, 0.4) is 0 Å². The lowest BCUT2D eigenvalue weighted by Crippen LogP contribution is -2.54. The fraction of sp³-hybridized carbons (Fsp3) is 0.600. The fourth-order valence-electron chi connectivity index (χ4n) is 4.77. The summed E-state index contributed by atoms with van der Waals surface area (Å²) in [5.41, 5.74) is 6.30. The van der Waals surface area contributed by atoms with Gasteiger partial charge in [-0.2, -0.15) is 0 Å². The van der Waals surface area contributed by atoms with Gasteiger partial charge in [-0.1, -0.05) is 11.6 Å². The number of hydrogen-bond donors (Lipinski definition) is 3. The number of amides is 3. The topological polar surface area (TPSA) is 153 Å². The van der Waals surface area contributed by atoms with E-state index in [-0.39, 0.29) is 28.8 Å². The number of nitrogens with zero attached hydrogens (tertiary/aromatic N) is 2. The van der Waals surface area contributed by atoms with Crippen LogP contribution in [0.5, 0.6) is 0 Å². The van der Waals surface area contributed by atoms with Gasteiger partial charge in [-0.25, -0.2) is 0 Å². The van der Waals surface area contributed by atoms with E-state index >= 15 is 0 Å². The molecule has 0 aliphatic carbocycles. The minimum absolute atomic E-state index is 0.00869. The molecule has 4 N–H and O–H groups in total. The van der Waals surface area contributed by atoms with Crippen molar-refractivity contribution in [2.45, 2.75) is 50.6 Å². The van der Waals surface area contributed by atoms with Gasteiger partial charge >= 0.3 is 5.97 Å². The molecule has 4 rings (SSSR count). The van der Waals surface area contributed by atoms with Crippen LogP contribution < -0.4 is 16.4 Å². The van der Waals surface area contributed by atoms with E-state index in [2.05, 4.69) is 15.5 Å². The Bertz CT molecular complexity index is 1050. The number of ether oxygens (including phenoxy) is 3. The molecule has 3 heterocycles. The second-order valence-electron chi connectivity index (χ2n) is 9.62. The highest BCUT2D eigenvalue weighted by Crippen LogP contribution is 2.22. The SMILES string of the molecule is C[C@H](NC(=O)c1ccc(N)c(Cl)c1)C(=O)N1CCC[C@H]1C(=O)N[C@H]1CC(=O)O[C@H]1OCCN1CCOCC1. The van der Waals surface area contributed by atoms with Crippen LogP contribution in [0.2, 0.25) is 5.02 Å². The maximum atomic E-state index is 13.2. The average Bonchev–Trinajstić information content (AvgIpc) is 3.52. The number of nitrogen functional groups attached to an aromatic ring is 1. The molecule has 1 aromatic carbocycles. The van der Waals surface area contributed by atoms with E-state index in [9.17, 15) is 19.2 Å². The molecule has 3 saturated heterocycles. The number of esters is 1. The summed E-state index contributed by atoms with van der Waals surface area (Å²) in [6.07, 6.45) is 0.210. The normalized spacial score (nSPS) is 24.6. The molecule has 3 aliphatic rings. The summed E-state index contributed by atoms with van der Waals surface area (Å²) in [5, 5.41) is 5.74. The molecular formula is C25H34ClN5O7. The first kappa shape index (κ1) is 28.1. The number of rotatable bonds is 9. The van der Waals surface area contributed by atoms with Crippen LogP contribution in [0.25, 0.3) is 0 Å². The van der Waals surface area contributed by atoms with Crippen LogP contribution in [-0.2, 0) is 28.6 Å². The van der Waals surface area contributed by atoms with Gasteiger partial charge in [-0.05, 0) is 38.0 Å². The Balaban J connectivity index is 1.30. The second kappa shape index (κ2) is 12.7. The van der Waals surface area contributed by atoms with Crippen molar-refractivity contribution in [3.05, 3.63) is 28.8 Å². The largest absolute Gasteiger partial charge is 0.433 e. The monoisotopic (exact) mass is 551 g/mol. The van der Waals surface area contributed by atoms with Gasteiger partial charge in [-0.3, -0.25) is 24.1 Å². The zero-order valence-corrected chi connectivity index (χ0v) is 22.1. The van der Waals surface area contributed by atoms with Gasteiger partial charge in [0, 0.05) is 31.7 Å². The van der Waals surface area contributed by atoms with Crippen molar-refractivity contribution in [1.29, 1.82) is 0 Å². The highest BCUT2D eigenvalue weighted by molar-refractivity contribution is 6.33. The number of nitrogens with one attached hydrogen (secondary N) is 2. The van der Waals surface area contributed by atoms with Gasteiger partial charge in [-0.15, -0.1) is 0 Å². The molecule has 1 aromatic rings. The van der Waals surface area contributed by atoms with Crippen molar-refractivity contribution in [2.24, 2.45) is 0 Å². The maximum absolute atomic E-state index is 13.2. The van der Waals surface area contributed by atoms with Crippen molar-refractivity contribution in [3.8, 4) is 0 Å². The minimum Gasteiger partial charge on any atom is -0.433 e. The number of morpholine rings is 1. The third kappa shape index (κ3) is 6.93. The number of anilines is 1. The van der Waals surface area contributed by atoms with Gasteiger partial charge in [0.05, 0.1) is 37.0 Å². The highest BCUT2D eigenvalue weighted by Gasteiger charge is 2.41. The average molecular weight is 552 g/mol. The molecule has 0 bridgehead atoms. The molecule has 0 aromatic heterocycles. The van der Waals surface area contributed by atoms with Gasteiger partial charge in [0.25, 0.3) is 5.91 Å². The summed E-state index contributed by atoms with van der Waals surface area (Å²) >= 11 is 6.00. The van der Waals surface area contributed by atoms with E-state index in [1.807, 2.05) is 0 Å². The van der Waals surface area contributed by atoms with Crippen molar-refractivity contribution in [2.75, 3.05) is 51.7 Å². The number of likely N-dealkylation sites (tertiary alicyclic amines) is 1. The molecule has 38 heavy (non-hydrogen) atoms. The number of carbonyl (C=O) groups is 4. The molecule has 208 valence electrons. The molecule has 0 spiro atoms. The van der Waals surface area contributed by atoms with Crippen molar-refractivity contribution in [1.82, 2.24) is 20.4 Å². The third-order valence-corrected chi connectivity index (χ3v) is 7.23. The van der Waals surface area contributed by atoms with E-state index in [0.29, 0.717) is 51.4 Å². The number of hydrogen-bond acceptors (Lipinski definition) is 9. The number of nitrogens with two attached hydrogens (primary N) is 1. The van der Waals surface area contributed by atoms with E-state index in [1.165, 1.54) is 23.1 Å². The molecule has 13 heteroatoms. The smallest absolute Gasteiger partial charge is 0.310 e. The number of benzene rings is 1. The molecule has 3 aliphatic heterocycles. The Morgan fingerprint density at radius 1 is 1.24 bits per heavy atom. The van der Waals surface area contributed by atoms with Crippen LogP contribution in [0, 0.1) is 0 Å². The molecule has 12 nitrogen and oxygen atoms in total. The number of halogens is 1. The Morgan fingerprint density at radius 2 is 2.00 bits per heavy atom. The first-order chi connectivity index (χ1) is 18.2. The van der Waals surface area contributed by atoms with Gasteiger partial charge < -0.3 is 35.5 Å². The maximum Gasteiger partial charge on any atom is 0.310 e. The zero-order chi connectivity index (χ0) is 27.2. The fourth-order valence-corrected chi connectivity index (χ4v) is 4.95. The Kier molecular flexibility index (Phi) is 9.42. The third-order valence-electron chi connectivity index (χ3n) is 6.90. The van der Waals surface area contributed by atoms with Gasteiger partial charge in [0.15, 0.2) is 0 Å². The summed E-state index contributed by atoms with van der Waals surface area (Å²) in [6.45, 7) is 5.91. The number of cyclic esters (lactones) is 1. The lowest BCUT2D eigenvalue weighted by atomic mass is 10.1. The zero-order valence-electron chi connectivity index (χ0n) is 21.3. The predicted octanol–water partition coefficient (Wildman–Crippen LogP) is 0.138. The van der Waals surface area contributed by atoms with Gasteiger partial charge in [0.1, 0.15) is 18.1 Å². The minimum atomic E-state index is -0.886. The van der Waals surface area contributed by atoms with E-state index in [0.717, 1.165) is 13.1 Å². The second-order valence-corrected chi connectivity index (χ2v) is 10.0. The summed E-state index contributed by atoms with van der Waals surface area (Å²) < 4.78 is 16.4. The van der Waals surface area contributed by atoms with E-state index < -0.39 is 36.3 Å². The number of carbonyl (C=O) groups excluding carboxylic acids is 4. The standard InChI is InChI=1S/C25H34ClN5O7/c1-15(28-22(33)16-4-5-18(27)17(26)13-16)24(35)31-6-2-3-20(31)23(34)29-19-14-21(32)38-25(19)37-12-9-30-7-10-36-11-8-30/h4-5,13,15,19-20,25H,2-3,6-12,14,27H2,1H3,(H,28,33)(H,29,34)/t15-,19-,20-,25+/m0/s1. The lowest BCUT2D eigenvalue weighted by Gasteiger charge is -2.29. The Labute approximate surface area is 226 Å².